The van der Waals surface area contributed by atoms with Crippen LogP contribution in [0.4, 0.5) is 0 Å². The van der Waals surface area contributed by atoms with E-state index in [0.717, 1.165) is 12.4 Å². The second-order valence-electron chi connectivity index (χ2n) is 2.55. The third-order valence-corrected chi connectivity index (χ3v) is 3.03. The summed E-state index contributed by atoms with van der Waals surface area (Å²) in [5.74, 6) is 0.734. The maximum Gasteiger partial charge on any atom is 0.0924 e. The van der Waals surface area contributed by atoms with Gasteiger partial charge >= 0.3 is 0 Å². The lowest BCUT2D eigenvalue weighted by Gasteiger charge is -2.00. The van der Waals surface area contributed by atoms with Gasteiger partial charge in [-0.2, -0.15) is 0 Å². The van der Waals surface area contributed by atoms with E-state index >= 15 is 0 Å². The lowest BCUT2D eigenvalue weighted by Crippen LogP contribution is -2.13. The predicted octanol–water partition coefficient (Wildman–Crippen LogP) is 0.542. The van der Waals surface area contributed by atoms with Crippen molar-refractivity contribution in [3.63, 3.8) is 0 Å². The summed E-state index contributed by atoms with van der Waals surface area (Å²) in [6, 6.07) is 0. The van der Waals surface area contributed by atoms with E-state index in [-0.39, 0.29) is 5.25 Å². The van der Waals surface area contributed by atoms with Crippen LogP contribution < -0.4 is 0 Å². The molecule has 0 amide bonds. The minimum Gasteiger partial charge on any atom is -0.372 e. The lowest BCUT2D eigenvalue weighted by atomic mass is 10.6. The van der Waals surface area contributed by atoms with Crippen molar-refractivity contribution in [2.45, 2.75) is 25.2 Å². The van der Waals surface area contributed by atoms with Crippen molar-refractivity contribution in [3.8, 4) is 0 Å². The van der Waals surface area contributed by atoms with Crippen LogP contribution in [-0.4, -0.2) is 27.9 Å². The molecular weight excluding hydrogens is 136 g/mol. The van der Waals surface area contributed by atoms with Crippen LogP contribution in [0.5, 0.6) is 0 Å². The molecule has 0 N–H and O–H groups in total. The average Bonchev–Trinajstić information content (AvgIpc) is 2.50. The first-order chi connectivity index (χ1) is 4.20. The molecule has 1 saturated heterocycles. The molecule has 54 valence electrons. The molecule has 0 aromatic carbocycles. The molecule has 9 heavy (non-hydrogen) atoms. The predicted molar refractivity (Wildman–Crippen MR) is 37.9 cm³/mol. The van der Waals surface area contributed by atoms with E-state index < -0.39 is 10.8 Å². The summed E-state index contributed by atoms with van der Waals surface area (Å²) < 4.78 is 16.0. The Morgan fingerprint density at radius 3 is 2.67 bits per heavy atom. The van der Waals surface area contributed by atoms with Gasteiger partial charge in [0.1, 0.15) is 0 Å². The molecule has 0 spiro atoms. The number of rotatable bonds is 3. The number of hydrogen-bond donors (Lipinski definition) is 0. The molecule has 1 rings (SSSR count). The Bertz CT molecular complexity index is 118. The summed E-state index contributed by atoms with van der Waals surface area (Å²) in [5, 5.41) is 0.286. The largest absolute Gasteiger partial charge is 0.372 e. The summed E-state index contributed by atoms with van der Waals surface area (Å²) in [6.45, 7) is 4.76. The second-order valence-corrected chi connectivity index (χ2v) is 4.59. The van der Waals surface area contributed by atoms with Crippen molar-refractivity contribution in [2.24, 2.45) is 0 Å². The number of epoxide rings is 1. The van der Waals surface area contributed by atoms with E-state index in [4.69, 9.17) is 4.74 Å². The first kappa shape index (κ1) is 7.22. The summed E-state index contributed by atoms with van der Waals surface area (Å²) in [4.78, 5) is 0. The molecule has 1 aliphatic rings. The van der Waals surface area contributed by atoms with Gasteiger partial charge < -0.3 is 4.74 Å². The summed E-state index contributed by atoms with van der Waals surface area (Å²) in [7, 11) is -0.664. The highest BCUT2D eigenvalue weighted by Gasteiger charge is 2.25. The van der Waals surface area contributed by atoms with Crippen molar-refractivity contribution in [3.05, 3.63) is 0 Å². The van der Waals surface area contributed by atoms with Gasteiger partial charge in [0.05, 0.1) is 18.5 Å². The zero-order valence-electron chi connectivity index (χ0n) is 5.79. The topological polar surface area (TPSA) is 29.6 Å². The van der Waals surface area contributed by atoms with E-state index in [9.17, 15) is 4.21 Å². The molecule has 0 bridgehead atoms. The van der Waals surface area contributed by atoms with Gasteiger partial charge in [0.2, 0.25) is 0 Å². The van der Waals surface area contributed by atoms with Crippen LogP contribution in [0.15, 0.2) is 0 Å². The van der Waals surface area contributed by atoms with E-state index in [1.807, 2.05) is 13.8 Å². The van der Waals surface area contributed by atoms with Crippen LogP contribution in [-0.2, 0) is 15.5 Å². The van der Waals surface area contributed by atoms with E-state index in [0.29, 0.717) is 6.10 Å². The monoisotopic (exact) mass is 148 g/mol. The second kappa shape index (κ2) is 2.80. The molecule has 2 nitrogen and oxygen atoms in total. The van der Waals surface area contributed by atoms with Crippen LogP contribution in [0.25, 0.3) is 0 Å². The SMILES string of the molecule is CC(C)S(=O)CC1CO1. The summed E-state index contributed by atoms with van der Waals surface area (Å²) in [5.41, 5.74) is 0. The van der Waals surface area contributed by atoms with Crippen LogP contribution in [0.1, 0.15) is 13.8 Å². The van der Waals surface area contributed by atoms with Crippen molar-refractivity contribution in [2.75, 3.05) is 12.4 Å². The van der Waals surface area contributed by atoms with Crippen molar-refractivity contribution in [1.29, 1.82) is 0 Å². The van der Waals surface area contributed by atoms with Gasteiger partial charge in [-0.1, -0.05) is 13.8 Å². The van der Waals surface area contributed by atoms with Crippen molar-refractivity contribution < 1.29 is 8.95 Å². The molecule has 1 aliphatic heterocycles. The van der Waals surface area contributed by atoms with Gasteiger partial charge in [-0.15, -0.1) is 0 Å². The molecule has 1 heterocycles. The third kappa shape index (κ3) is 2.45. The third-order valence-electron chi connectivity index (χ3n) is 1.28. The number of hydrogen-bond acceptors (Lipinski definition) is 2. The van der Waals surface area contributed by atoms with Gasteiger partial charge in [0, 0.05) is 16.0 Å². The quantitative estimate of drug-likeness (QED) is 0.547. The molecule has 2 unspecified atom stereocenters. The van der Waals surface area contributed by atoms with Crippen molar-refractivity contribution >= 4 is 10.8 Å². The Labute approximate surface area is 58.0 Å². The van der Waals surface area contributed by atoms with Crippen LogP contribution in [0, 0.1) is 0 Å². The first-order valence-electron chi connectivity index (χ1n) is 3.19. The van der Waals surface area contributed by atoms with Crippen molar-refractivity contribution in [1.82, 2.24) is 0 Å². The van der Waals surface area contributed by atoms with Gasteiger partial charge in [0.15, 0.2) is 0 Å². The molecule has 1 fully saturated rings. The van der Waals surface area contributed by atoms with Gasteiger partial charge in [-0.25, -0.2) is 0 Å². The highest BCUT2D eigenvalue weighted by atomic mass is 32.2. The first-order valence-corrected chi connectivity index (χ1v) is 4.57. The van der Waals surface area contributed by atoms with E-state index in [1.54, 1.807) is 0 Å². The minimum atomic E-state index is -0.664. The molecule has 0 aliphatic carbocycles. The maximum atomic E-state index is 11.0. The van der Waals surface area contributed by atoms with E-state index in [1.165, 1.54) is 0 Å². The minimum absolute atomic E-state index is 0.286. The Morgan fingerprint density at radius 1 is 1.78 bits per heavy atom. The van der Waals surface area contributed by atoms with Gasteiger partial charge in [0.25, 0.3) is 0 Å². The fourth-order valence-electron chi connectivity index (χ4n) is 0.540. The average molecular weight is 148 g/mol. The zero-order valence-corrected chi connectivity index (χ0v) is 6.61. The van der Waals surface area contributed by atoms with Gasteiger partial charge in [-0.05, 0) is 0 Å². The highest BCUT2D eigenvalue weighted by Crippen LogP contribution is 2.11. The van der Waals surface area contributed by atoms with Crippen LogP contribution in [0.3, 0.4) is 0 Å². The molecule has 0 saturated carbocycles. The number of ether oxygens (including phenoxy) is 1. The van der Waals surface area contributed by atoms with Crippen LogP contribution in [0.2, 0.25) is 0 Å². The standard InChI is InChI=1S/C6H12O2S/c1-5(2)9(7)4-6-3-8-6/h5-6H,3-4H2,1-2H3. The van der Waals surface area contributed by atoms with E-state index in [2.05, 4.69) is 0 Å². The molecule has 0 aromatic heterocycles. The zero-order chi connectivity index (χ0) is 6.85. The Balaban J connectivity index is 2.17. The fraction of sp³-hybridized carbons (Fsp3) is 1.00. The Kier molecular flexibility index (Phi) is 2.24. The fourth-order valence-corrected chi connectivity index (χ4v) is 1.48. The van der Waals surface area contributed by atoms with Gasteiger partial charge in [-0.3, -0.25) is 4.21 Å². The summed E-state index contributed by atoms with van der Waals surface area (Å²) in [6.07, 6.45) is 0.313. The highest BCUT2D eigenvalue weighted by molar-refractivity contribution is 7.85. The maximum absolute atomic E-state index is 11.0. The summed E-state index contributed by atoms with van der Waals surface area (Å²) >= 11 is 0. The molecule has 3 heteroatoms. The van der Waals surface area contributed by atoms with Crippen LogP contribution >= 0.6 is 0 Å². The molecule has 0 radical (unpaired) electrons. The smallest absolute Gasteiger partial charge is 0.0924 e. The Hall–Kier alpha value is 0.110. The molecule has 2 atom stereocenters. The lowest BCUT2D eigenvalue weighted by molar-refractivity contribution is 0.424. The normalized spacial score (nSPS) is 28.6. The molecular formula is C6H12O2S. The molecule has 0 aromatic rings. The Morgan fingerprint density at radius 2 is 2.33 bits per heavy atom.